The minimum atomic E-state index is 0.0171. The van der Waals surface area contributed by atoms with Gasteiger partial charge in [0.2, 0.25) is 0 Å². The molecular formula is C21H40N6O. The Labute approximate surface area is 170 Å². The highest BCUT2D eigenvalue weighted by molar-refractivity contribution is 5.88. The lowest BCUT2D eigenvalue weighted by Crippen LogP contribution is -2.61. The van der Waals surface area contributed by atoms with Crippen molar-refractivity contribution in [1.82, 2.24) is 19.6 Å². The molecule has 2 saturated carbocycles. The lowest BCUT2D eigenvalue weighted by molar-refractivity contribution is -0.130. The van der Waals surface area contributed by atoms with Crippen LogP contribution in [-0.2, 0) is 4.79 Å². The van der Waals surface area contributed by atoms with Crippen LogP contribution in [0.1, 0.15) is 39.5 Å². The molecular weight excluding hydrogens is 352 g/mol. The molecule has 7 nitrogen and oxygen atoms in total. The summed E-state index contributed by atoms with van der Waals surface area (Å²) in [7, 11) is 0. The molecule has 4 N–H and O–H groups in total. The van der Waals surface area contributed by atoms with Crippen molar-refractivity contribution < 1.29 is 4.79 Å². The summed E-state index contributed by atoms with van der Waals surface area (Å²) in [5.41, 5.74) is 11.9. The van der Waals surface area contributed by atoms with E-state index >= 15 is 0 Å². The maximum atomic E-state index is 13.1. The fourth-order valence-electron chi connectivity index (χ4n) is 5.54. The van der Waals surface area contributed by atoms with Crippen LogP contribution in [0.2, 0.25) is 0 Å². The topological polar surface area (TPSA) is 82.1 Å². The molecule has 2 heterocycles. The molecule has 0 amide bonds. The van der Waals surface area contributed by atoms with Gasteiger partial charge in [-0.2, -0.15) is 0 Å². The molecule has 4 fully saturated rings. The zero-order chi connectivity index (χ0) is 19.8. The van der Waals surface area contributed by atoms with E-state index in [0.29, 0.717) is 30.0 Å². The number of hydrogen-bond acceptors (Lipinski definition) is 7. The quantitative estimate of drug-likeness (QED) is 0.633. The third-order valence-electron chi connectivity index (χ3n) is 7.95. The second kappa shape index (κ2) is 8.66. The normalized spacial score (nSPS) is 38.4. The van der Waals surface area contributed by atoms with Crippen LogP contribution in [0.4, 0.5) is 0 Å². The smallest absolute Gasteiger partial charge is 0.166 e. The van der Waals surface area contributed by atoms with Crippen LogP contribution in [0.25, 0.3) is 0 Å². The molecule has 4 rings (SSSR count). The summed E-state index contributed by atoms with van der Waals surface area (Å²) >= 11 is 0. The average Bonchev–Trinajstić information content (AvgIpc) is 2.68. The summed E-state index contributed by atoms with van der Waals surface area (Å²) in [5, 5.41) is 0. The highest BCUT2D eigenvalue weighted by Crippen LogP contribution is 2.27. The van der Waals surface area contributed by atoms with E-state index in [0.717, 1.165) is 78.0 Å². The van der Waals surface area contributed by atoms with E-state index in [2.05, 4.69) is 33.4 Å². The molecule has 2 aliphatic carbocycles. The SMILES string of the molecule is CC(C(=O)C(C)N1CCN(C2CC(N)C2)CC1)N1CCN(C2CC(N)C2)CC1. The van der Waals surface area contributed by atoms with Crippen LogP contribution in [0.15, 0.2) is 0 Å². The number of piperazine rings is 2. The Bertz CT molecular complexity index is 485. The van der Waals surface area contributed by atoms with Gasteiger partial charge in [0.15, 0.2) is 5.78 Å². The summed E-state index contributed by atoms with van der Waals surface area (Å²) in [4.78, 5) is 23.1. The molecule has 4 aliphatic rings. The minimum absolute atomic E-state index is 0.0171. The van der Waals surface area contributed by atoms with Gasteiger partial charge >= 0.3 is 0 Å². The van der Waals surface area contributed by atoms with Gasteiger partial charge in [0.05, 0.1) is 12.1 Å². The van der Waals surface area contributed by atoms with E-state index in [4.69, 9.17) is 11.5 Å². The van der Waals surface area contributed by atoms with Crippen molar-refractivity contribution in [2.45, 2.75) is 75.8 Å². The Morgan fingerprint density at radius 2 is 1.00 bits per heavy atom. The lowest BCUT2D eigenvalue weighted by atomic mass is 9.86. The van der Waals surface area contributed by atoms with Crippen LogP contribution in [0.3, 0.4) is 0 Å². The Balaban J connectivity index is 1.20. The molecule has 160 valence electrons. The predicted molar refractivity (Wildman–Crippen MR) is 112 cm³/mol. The molecule has 0 bridgehead atoms. The van der Waals surface area contributed by atoms with E-state index in [9.17, 15) is 4.79 Å². The van der Waals surface area contributed by atoms with Crippen molar-refractivity contribution in [3.63, 3.8) is 0 Å². The number of carbonyl (C=O) groups excluding carboxylic acids is 1. The van der Waals surface area contributed by atoms with Crippen LogP contribution in [0, 0.1) is 0 Å². The number of carbonyl (C=O) groups is 1. The summed E-state index contributed by atoms with van der Waals surface area (Å²) in [6.07, 6.45) is 4.57. The van der Waals surface area contributed by atoms with Gasteiger partial charge < -0.3 is 11.5 Å². The second-order valence-corrected chi connectivity index (χ2v) is 9.67. The summed E-state index contributed by atoms with van der Waals surface area (Å²) in [5.74, 6) is 0.387. The zero-order valence-electron chi connectivity index (χ0n) is 17.8. The molecule has 0 spiro atoms. The second-order valence-electron chi connectivity index (χ2n) is 9.67. The molecule has 0 aromatic rings. The van der Waals surface area contributed by atoms with Crippen molar-refractivity contribution in [2.24, 2.45) is 11.5 Å². The van der Waals surface area contributed by atoms with Gasteiger partial charge in [-0.3, -0.25) is 24.4 Å². The van der Waals surface area contributed by atoms with Gasteiger partial charge in [0, 0.05) is 76.5 Å². The van der Waals surface area contributed by atoms with Crippen LogP contribution >= 0.6 is 0 Å². The van der Waals surface area contributed by atoms with E-state index in [1.165, 1.54) is 0 Å². The summed E-state index contributed by atoms with van der Waals surface area (Å²) in [6.45, 7) is 12.5. The molecule has 0 radical (unpaired) electrons. The van der Waals surface area contributed by atoms with Gasteiger partial charge in [0.25, 0.3) is 0 Å². The van der Waals surface area contributed by atoms with Crippen molar-refractivity contribution in [3.8, 4) is 0 Å². The Morgan fingerprint density at radius 3 is 1.29 bits per heavy atom. The van der Waals surface area contributed by atoms with Gasteiger partial charge in [-0.1, -0.05) is 0 Å². The Hall–Kier alpha value is -0.570. The van der Waals surface area contributed by atoms with E-state index < -0.39 is 0 Å². The molecule has 0 aromatic carbocycles. The summed E-state index contributed by atoms with van der Waals surface area (Å²) in [6, 6.07) is 2.22. The molecule has 2 aliphatic heterocycles. The van der Waals surface area contributed by atoms with Gasteiger partial charge in [-0.05, 0) is 39.5 Å². The highest BCUT2D eigenvalue weighted by atomic mass is 16.1. The van der Waals surface area contributed by atoms with Gasteiger partial charge in [0.1, 0.15) is 0 Å². The number of nitrogens with zero attached hydrogens (tertiary/aromatic N) is 4. The Morgan fingerprint density at radius 1 is 0.679 bits per heavy atom. The zero-order valence-corrected chi connectivity index (χ0v) is 17.8. The number of rotatable bonds is 6. The van der Waals surface area contributed by atoms with Crippen LogP contribution in [-0.4, -0.2) is 114 Å². The fourth-order valence-corrected chi connectivity index (χ4v) is 5.54. The molecule has 0 aromatic heterocycles. The average molecular weight is 393 g/mol. The predicted octanol–water partition coefficient (Wildman–Crippen LogP) is -0.453. The molecule has 2 atom stereocenters. The van der Waals surface area contributed by atoms with E-state index in [1.807, 2.05) is 0 Å². The molecule has 7 heteroatoms. The number of nitrogens with two attached hydrogens (primary N) is 2. The van der Waals surface area contributed by atoms with Gasteiger partial charge in [-0.15, -0.1) is 0 Å². The van der Waals surface area contributed by atoms with E-state index in [1.54, 1.807) is 0 Å². The van der Waals surface area contributed by atoms with Crippen molar-refractivity contribution in [3.05, 3.63) is 0 Å². The number of ketones is 1. The first kappa shape index (κ1) is 20.7. The largest absolute Gasteiger partial charge is 0.328 e. The third kappa shape index (κ3) is 4.30. The highest BCUT2D eigenvalue weighted by Gasteiger charge is 2.37. The Kier molecular flexibility index (Phi) is 6.40. The fraction of sp³-hybridized carbons (Fsp3) is 0.952. The van der Waals surface area contributed by atoms with Crippen molar-refractivity contribution >= 4 is 5.78 Å². The maximum Gasteiger partial charge on any atom is 0.166 e. The van der Waals surface area contributed by atoms with Crippen LogP contribution in [0.5, 0.6) is 0 Å². The first-order valence-electron chi connectivity index (χ1n) is 11.4. The minimum Gasteiger partial charge on any atom is -0.328 e. The number of hydrogen-bond donors (Lipinski definition) is 2. The number of Topliss-reactive ketones (excluding diaryl/α,β-unsaturated/α-hetero) is 1. The third-order valence-corrected chi connectivity index (χ3v) is 7.95. The lowest BCUT2D eigenvalue weighted by Gasteiger charge is -2.47. The standard InChI is InChI=1S/C21H40N6O/c1-15(24-3-7-26(8-4-24)19-11-17(22)12-19)21(28)16(2)25-5-9-27(10-6-25)20-13-18(23)14-20/h15-20H,3-14,22-23H2,1-2H3. The van der Waals surface area contributed by atoms with Gasteiger partial charge in [-0.25, -0.2) is 0 Å². The summed E-state index contributed by atoms with van der Waals surface area (Å²) < 4.78 is 0. The van der Waals surface area contributed by atoms with Crippen molar-refractivity contribution in [2.75, 3.05) is 52.4 Å². The monoisotopic (exact) mass is 392 g/mol. The molecule has 2 saturated heterocycles. The maximum absolute atomic E-state index is 13.1. The van der Waals surface area contributed by atoms with Crippen molar-refractivity contribution in [1.29, 1.82) is 0 Å². The van der Waals surface area contributed by atoms with Crippen LogP contribution < -0.4 is 11.5 Å². The first-order chi connectivity index (χ1) is 13.4. The first-order valence-corrected chi connectivity index (χ1v) is 11.4. The molecule has 2 unspecified atom stereocenters. The molecule has 28 heavy (non-hydrogen) atoms. The van der Waals surface area contributed by atoms with E-state index in [-0.39, 0.29) is 12.1 Å².